The molecule has 1 heterocycles. The molecule has 1 aliphatic rings. The summed E-state index contributed by atoms with van der Waals surface area (Å²) in [7, 11) is 0. The lowest BCUT2D eigenvalue weighted by Crippen LogP contribution is -2.16. The molecule has 3 aromatic rings. The van der Waals surface area contributed by atoms with Gasteiger partial charge < -0.3 is 14.8 Å². The maximum absolute atomic E-state index is 12.7. The molecule has 4 rings (SSSR count). The zero-order valence-electron chi connectivity index (χ0n) is 16.3. The number of nitrogens with one attached hydrogen (secondary N) is 1. The molecule has 4 heteroatoms. The third-order valence-corrected chi connectivity index (χ3v) is 5.08. The summed E-state index contributed by atoms with van der Waals surface area (Å²) in [5.74, 6) is 0.623. The minimum atomic E-state index is -0.129. The third kappa shape index (κ3) is 5.24. The molecule has 0 saturated carbocycles. The Kier molecular flexibility index (Phi) is 6.22. The maximum atomic E-state index is 12.7. The Balaban J connectivity index is 1.39. The molecule has 1 fully saturated rings. The third-order valence-electron chi connectivity index (χ3n) is 5.08. The fourth-order valence-electron chi connectivity index (χ4n) is 3.47. The van der Waals surface area contributed by atoms with Gasteiger partial charge in [-0.25, -0.2) is 0 Å². The van der Waals surface area contributed by atoms with Crippen molar-refractivity contribution in [1.82, 2.24) is 0 Å². The first-order valence-corrected chi connectivity index (χ1v) is 10.1. The highest BCUT2D eigenvalue weighted by molar-refractivity contribution is 6.04. The van der Waals surface area contributed by atoms with Crippen molar-refractivity contribution in [2.45, 2.75) is 25.4 Å². The highest BCUT2D eigenvalue weighted by Gasteiger charge is 2.16. The summed E-state index contributed by atoms with van der Waals surface area (Å²) in [5.41, 5.74) is 3.73. The Bertz CT molecular complexity index is 932. The van der Waals surface area contributed by atoms with Crippen LogP contribution in [0.5, 0.6) is 5.75 Å². The molecule has 1 amide bonds. The molecule has 29 heavy (non-hydrogen) atoms. The summed E-state index contributed by atoms with van der Waals surface area (Å²) >= 11 is 0. The van der Waals surface area contributed by atoms with E-state index in [1.54, 1.807) is 12.1 Å². The van der Waals surface area contributed by atoms with Gasteiger partial charge in [-0.05, 0) is 60.7 Å². The number of ether oxygens (including phenoxy) is 2. The number of rotatable bonds is 7. The van der Waals surface area contributed by atoms with Gasteiger partial charge in [-0.1, -0.05) is 48.5 Å². The van der Waals surface area contributed by atoms with Gasteiger partial charge in [0.1, 0.15) is 12.4 Å². The quantitative estimate of drug-likeness (QED) is 0.614. The molecule has 1 saturated heterocycles. The van der Waals surface area contributed by atoms with Crippen LogP contribution in [0.4, 0.5) is 5.69 Å². The second-order valence-electron chi connectivity index (χ2n) is 7.24. The van der Waals surface area contributed by atoms with Gasteiger partial charge in [0.05, 0.1) is 6.10 Å². The highest BCUT2D eigenvalue weighted by atomic mass is 16.5. The van der Waals surface area contributed by atoms with E-state index in [2.05, 4.69) is 17.4 Å². The molecule has 1 aliphatic heterocycles. The van der Waals surface area contributed by atoms with Crippen LogP contribution in [0, 0.1) is 0 Å². The van der Waals surface area contributed by atoms with Gasteiger partial charge in [0, 0.05) is 17.9 Å². The SMILES string of the molecule is O=C(Nc1ccccc1Cc1ccccc1)c1ccc(OC[C@H]2CCCO2)cc1. The van der Waals surface area contributed by atoms with Crippen molar-refractivity contribution in [3.63, 3.8) is 0 Å². The Hall–Kier alpha value is -3.11. The topological polar surface area (TPSA) is 47.6 Å². The molecule has 1 atom stereocenters. The first-order valence-electron chi connectivity index (χ1n) is 10.1. The first kappa shape index (κ1) is 19.2. The predicted octanol–water partition coefficient (Wildman–Crippen LogP) is 5.09. The highest BCUT2D eigenvalue weighted by Crippen LogP contribution is 2.21. The zero-order valence-corrected chi connectivity index (χ0v) is 16.3. The fourth-order valence-corrected chi connectivity index (χ4v) is 3.47. The van der Waals surface area contributed by atoms with Crippen molar-refractivity contribution in [1.29, 1.82) is 0 Å². The average Bonchev–Trinajstić information content (AvgIpc) is 3.28. The van der Waals surface area contributed by atoms with E-state index in [4.69, 9.17) is 9.47 Å². The van der Waals surface area contributed by atoms with Crippen molar-refractivity contribution >= 4 is 11.6 Å². The van der Waals surface area contributed by atoms with Crippen LogP contribution in [0.15, 0.2) is 78.9 Å². The zero-order chi connectivity index (χ0) is 19.9. The lowest BCUT2D eigenvalue weighted by Gasteiger charge is -2.13. The van der Waals surface area contributed by atoms with E-state index in [9.17, 15) is 4.79 Å². The number of amides is 1. The second kappa shape index (κ2) is 9.39. The largest absolute Gasteiger partial charge is 0.491 e. The van der Waals surface area contributed by atoms with Gasteiger partial charge in [0.15, 0.2) is 0 Å². The first-order chi connectivity index (χ1) is 14.3. The van der Waals surface area contributed by atoms with Gasteiger partial charge in [-0.15, -0.1) is 0 Å². The maximum Gasteiger partial charge on any atom is 0.255 e. The number of benzene rings is 3. The summed E-state index contributed by atoms with van der Waals surface area (Å²) in [4.78, 5) is 12.7. The van der Waals surface area contributed by atoms with E-state index in [0.717, 1.165) is 42.9 Å². The van der Waals surface area contributed by atoms with Crippen LogP contribution < -0.4 is 10.1 Å². The Morgan fingerprint density at radius 3 is 2.48 bits per heavy atom. The van der Waals surface area contributed by atoms with Crippen LogP contribution in [-0.2, 0) is 11.2 Å². The standard InChI is InChI=1S/C25H25NO3/c27-25(20-12-14-22(15-13-20)29-18-23-10-6-16-28-23)26-24-11-5-4-9-21(24)17-19-7-2-1-3-8-19/h1-5,7-9,11-15,23H,6,10,16-18H2,(H,26,27)/t23-/m1/s1. The van der Waals surface area contributed by atoms with Gasteiger partial charge in [-0.3, -0.25) is 4.79 Å². The van der Waals surface area contributed by atoms with Crippen LogP contribution in [0.2, 0.25) is 0 Å². The van der Waals surface area contributed by atoms with Crippen LogP contribution in [0.1, 0.15) is 34.3 Å². The molecular formula is C25H25NO3. The summed E-state index contributed by atoms with van der Waals surface area (Å²) in [5, 5.41) is 3.04. The van der Waals surface area contributed by atoms with Crippen LogP contribution in [0.25, 0.3) is 0 Å². The van der Waals surface area contributed by atoms with E-state index >= 15 is 0 Å². The molecule has 0 unspecified atom stereocenters. The number of hydrogen-bond acceptors (Lipinski definition) is 3. The van der Waals surface area contributed by atoms with Gasteiger partial charge >= 0.3 is 0 Å². The summed E-state index contributed by atoms with van der Waals surface area (Å²) in [6, 6.07) is 25.4. The van der Waals surface area contributed by atoms with Crippen LogP contribution >= 0.6 is 0 Å². The number of hydrogen-bond donors (Lipinski definition) is 1. The second-order valence-corrected chi connectivity index (χ2v) is 7.24. The van der Waals surface area contributed by atoms with Gasteiger partial charge in [-0.2, -0.15) is 0 Å². The molecule has 0 aliphatic carbocycles. The van der Waals surface area contributed by atoms with Crippen LogP contribution in [-0.4, -0.2) is 25.2 Å². The molecule has 148 valence electrons. The summed E-state index contributed by atoms with van der Waals surface area (Å²) in [6.07, 6.45) is 3.09. The molecular weight excluding hydrogens is 362 g/mol. The van der Waals surface area contributed by atoms with Crippen molar-refractivity contribution in [3.05, 3.63) is 95.6 Å². The van der Waals surface area contributed by atoms with Gasteiger partial charge in [0.25, 0.3) is 5.91 Å². The number of para-hydroxylation sites is 1. The molecule has 3 aromatic carbocycles. The van der Waals surface area contributed by atoms with E-state index in [1.807, 2.05) is 54.6 Å². The van der Waals surface area contributed by atoms with Crippen LogP contribution in [0.3, 0.4) is 0 Å². The van der Waals surface area contributed by atoms with Crippen molar-refractivity contribution in [3.8, 4) is 5.75 Å². The molecule has 0 spiro atoms. The lowest BCUT2D eigenvalue weighted by atomic mass is 10.0. The Labute approximate surface area is 171 Å². The molecule has 0 bridgehead atoms. The van der Waals surface area contributed by atoms with E-state index < -0.39 is 0 Å². The predicted molar refractivity (Wildman–Crippen MR) is 115 cm³/mol. The summed E-state index contributed by atoms with van der Waals surface area (Å²) < 4.78 is 11.3. The fraction of sp³-hybridized carbons (Fsp3) is 0.240. The number of anilines is 1. The number of carbonyl (C=O) groups excluding carboxylic acids is 1. The summed E-state index contributed by atoms with van der Waals surface area (Å²) in [6.45, 7) is 1.37. The minimum Gasteiger partial charge on any atom is -0.491 e. The number of carbonyl (C=O) groups is 1. The van der Waals surface area contributed by atoms with Gasteiger partial charge in [0.2, 0.25) is 0 Å². The average molecular weight is 387 g/mol. The molecule has 0 aromatic heterocycles. The van der Waals surface area contributed by atoms with Crippen molar-refractivity contribution in [2.24, 2.45) is 0 Å². The van der Waals surface area contributed by atoms with E-state index in [-0.39, 0.29) is 12.0 Å². The van der Waals surface area contributed by atoms with Crippen molar-refractivity contribution < 1.29 is 14.3 Å². The minimum absolute atomic E-state index is 0.129. The molecule has 0 radical (unpaired) electrons. The normalized spacial score (nSPS) is 15.8. The smallest absolute Gasteiger partial charge is 0.255 e. The molecule has 4 nitrogen and oxygen atoms in total. The van der Waals surface area contributed by atoms with E-state index in [0.29, 0.717) is 12.2 Å². The van der Waals surface area contributed by atoms with E-state index in [1.165, 1.54) is 5.56 Å². The lowest BCUT2D eigenvalue weighted by molar-refractivity contribution is 0.0679. The monoisotopic (exact) mass is 387 g/mol. The Morgan fingerprint density at radius 1 is 0.966 bits per heavy atom. The molecule has 1 N–H and O–H groups in total. The van der Waals surface area contributed by atoms with Crippen molar-refractivity contribution in [2.75, 3.05) is 18.5 Å². The Morgan fingerprint density at radius 2 is 1.72 bits per heavy atom.